The molecule has 0 bridgehead atoms. The smallest absolute Gasteiger partial charge is 0.141 e. The number of hydrogen-bond acceptors (Lipinski definition) is 2. The molecule has 168 valence electrons. The maximum Gasteiger partial charge on any atom is 0.141 e. The fourth-order valence-electron chi connectivity index (χ4n) is 4.04. The Hall–Kier alpha value is -1.18. The molecule has 2 nitrogen and oxygen atoms in total. The topological polar surface area (TPSA) is 21.3 Å². The fraction of sp³-hybridized carbons (Fsp3) is 0.778. The van der Waals surface area contributed by atoms with Crippen LogP contribution in [0.15, 0.2) is 24.3 Å². The van der Waals surface area contributed by atoms with E-state index in [1.54, 1.807) is 7.11 Å². The van der Waals surface area contributed by atoms with Crippen molar-refractivity contribution >= 4 is 5.69 Å². The average molecular weight is 404 g/mol. The second-order valence-electron chi connectivity index (χ2n) is 8.64. The van der Waals surface area contributed by atoms with E-state index in [-0.39, 0.29) is 0 Å². The predicted molar refractivity (Wildman–Crippen MR) is 130 cm³/mol. The largest absolute Gasteiger partial charge is 0.495 e. The molecular formula is C27H49NO. The van der Waals surface area contributed by atoms with Gasteiger partial charge in [-0.15, -0.1) is 0 Å². The molecule has 1 rings (SSSR count). The van der Waals surface area contributed by atoms with Crippen LogP contribution in [0.25, 0.3) is 0 Å². The molecule has 29 heavy (non-hydrogen) atoms. The van der Waals surface area contributed by atoms with Crippen LogP contribution in [0.4, 0.5) is 5.69 Å². The van der Waals surface area contributed by atoms with E-state index in [9.17, 15) is 0 Å². The first-order valence-corrected chi connectivity index (χ1v) is 12.8. The number of benzene rings is 1. The second-order valence-corrected chi connectivity index (χ2v) is 8.64. The van der Waals surface area contributed by atoms with Gasteiger partial charge >= 0.3 is 0 Å². The number of hydrogen-bond donors (Lipinski definition) is 1. The van der Waals surface area contributed by atoms with Crippen LogP contribution in [-0.2, 0) is 0 Å². The molecule has 0 heterocycles. The van der Waals surface area contributed by atoms with Gasteiger partial charge in [0.1, 0.15) is 5.75 Å². The molecule has 0 aliphatic rings. The van der Waals surface area contributed by atoms with Gasteiger partial charge in [0, 0.05) is 6.54 Å². The van der Waals surface area contributed by atoms with Crippen molar-refractivity contribution in [2.75, 3.05) is 19.0 Å². The first-order chi connectivity index (χ1) is 14.4. The lowest BCUT2D eigenvalue weighted by Gasteiger charge is -2.10. The highest BCUT2D eigenvalue weighted by molar-refractivity contribution is 5.55. The molecule has 0 aromatic heterocycles. The van der Waals surface area contributed by atoms with Crippen LogP contribution in [0.3, 0.4) is 0 Å². The molecule has 0 amide bonds. The molecule has 1 N–H and O–H groups in total. The van der Waals surface area contributed by atoms with Crippen molar-refractivity contribution in [1.82, 2.24) is 0 Å². The van der Waals surface area contributed by atoms with Gasteiger partial charge in [0.25, 0.3) is 0 Å². The van der Waals surface area contributed by atoms with E-state index in [0.717, 1.165) is 18.0 Å². The van der Waals surface area contributed by atoms with Crippen molar-refractivity contribution in [3.05, 3.63) is 24.3 Å². The molecule has 2 heteroatoms. The van der Waals surface area contributed by atoms with Crippen LogP contribution < -0.4 is 10.1 Å². The Morgan fingerprint density at radius 3 is 1.45 bits per heavy atom. The van der Waals surface area contributed by atoms with Crippen LogP contribution in [0.5, 0.6) is 5.75 Å². The summed E-state index contributed by atoms with van der Waals surface area (Å²) in [5, 5.41) is 3.49. The molecule has 0 saturated carbocycles. The molecule has 0 fully saturated rings. The summed E-state index contributed by atoms with van der Waals surface area (Å²) in [7, 11) is 1.73. The molecule has 1 aromatic carbocycles. The van der Waals surface area contributed by atoms with Gasteiger partial charge in [-0.3, -0.25) is 0 Å². The summed E-state index contributed by atoms with van der Waals surface area (Å²) >= 11 is 0. The van der Waals surface area contributed by atoms with Gasteiger partial charge in [0.2, 0.25) is 0 Å². The maximum absolute atomic E-state index is 5.37. The van der Waals surface area contributed by atoms with Gasteiger partial charge in [-0.2, -0.15) is 0 Å². The molecule has 0 spiro atoms. The van der Waals surface area contributed by atoms with Gasteiger partial charge in [-0.05, 0) is 18.6 Å². The van der Waals surface area contributed by atoms with Crippen LogP contribution in [0, 0.1) is 0 Å². The van der Waals surface area contributed by atoms with Gasteiger partial charge in [0.05, 0.1) is 12.8 Å². The van der Waals surface area contributed by atoms with Crippen LogP contribution in [-0.4, -0.2) is 13.7 Å². The Morgan fingerprint density at radius 2 is 1.00 bits per heavy atom. The molecule has 0 atom stereocenters. The van der Waals surface area contributed by atoms with E-state index in [1.807, 2.05) is 12.1 Å². The number of anilines is 1. The SMILES string of the molecule is CCCCCCCCCCCCCCCCCCCCNc1ccccc1OC. The number of para-hydroxylation sites is 2. The fourth-order valence-corrected chi connectivity index (χ4v) is 4.04. The monoisotopic (exact) mass is 403 g/mol. The summed E-state index contributed by atoms with van der Waals surface area (Å²) in [6, 6.07) is 8.17. The lowest BCUT2D eigenvalue weighted by atomic mass is 10.0. The van der Waals surface area contributed by atoms with E-state index >= 15 is 0 Å². The number of nitrogens with one attached hydrogen (secondary N) is 1. The highest BCUT2D eigenvalue weighted by Crippen LogP contribution is 2.23. The minimum atomic E-state index is 0.940. The third-order valence-corrected chi connectivity index (χ3v) is 5.95. The number of unbranched alkanes of at least 4 members (excludes halogenated alkanes) is 17. The number of rotatable bonds is 21. The van der Waals surface area contributed by atoms with Crippen molar-refractivity contribution in [1.29, 1.82) is 0 Å². The Balaban J connectivity index is 1.75. The minimum absolute atomic E-state index is 0.940. The third-order valence-electron chi connectivity index (χ3n) is 5.95. The van der Waals surface area contributed by atoms with E-state index in [0.29, 0.717) is 0 Å². The molecular weight excluding hydrogens is 354 g/mol. The summed E-state index contributed by atoms with van der Waals surface area (Å²) in [5.41, 5.74) is 1.11. The zero-order chi connectivity index (χ0) is 20.8. The normalized spacial score (nSPS) is 11.0. The van der Waals surface area contributed by atoms with E-state index in [4.69, 9.17) is 4.74 Å². The Labute approximate surface area is 182 Å². The van der Waals surface area contributed by atoms with Crippen LogP contribution in [0.2, 0.25) is 0 Å². The Morgan fingerprint density at radius 1 is 0.586 bits per heavy atom. The first-order valence-electron chi connectivity index (χ1n) is 12.8. The van der Waals surface area contributed by atoms with E-state index in [2.05, 4.69) is 24.4 Å². The zero-order valence-electron chi connectivity index (χ0n) is 19.7. The Kier molecular flexibility index (Phi) is 17.9. The summed E-state index contributed by atoms with van der Waals surface area (Å²) in [4.78, 5) is 0. The van der Waals surface area contributed by atoms with Gasteiger partial charge in [-0.1, -0.05) is 128 Å². The van der Waals surface area contributed by atoms with Crippen molar-refractivity contribution in [3.8, 4) is 5.75 Å². The van der Waals surface area contributed by atoms with E-state index < -0.39 is 0 Å². The highest BCUT2D eigenvalue weighted by Gasteiger charge is 2.00. The van der Waals surface area contributed by atoms with Gasteiger partial charge in [-0.25, -0.2) is 0 Å². The summed E-state index contributed by atoms with van der Waals surface area (Å²) in [5.74, 6) is 0.940. The predicted octanol–water partition coefficient (Wildman–Crippen LogP) is 9.15. The zero-order valence-corrected chi connectivity index (χ0v) is 19.7. The van der Waals surface area contributed by atoms with Crippen molar-refractivity contribution < 1.29 is 4.74 Å². The average Bonchev–Trinajstić information content (AvgIpc) is 2.75. The number of methoxy groups -OCH3 is 1. The van der Waals surface area contributed by atoms with Crippen LogP contribution >= 0.6 is 0 Å². The maximum atomic E-state index is 5.37. The summed E-state index contributed by atoms with van der Waals surface area (Å²) in [6.45, 7) is 3.34. The summed E-state index contributed by atoms with van der Waals surface area (Å²) < 4.78 is 5.37. The van der Waals surface area contributed by atoms with E-state index in [1.165, 1.54) is 116 Å². The molecule has 0 saturated heterocycles. The number of ether oxygens (including phenoxy) is 1. The van der Waals surface area contributed by atoms with Crippen LogP contribution in [0.1, 0.15) is 122 Å². The summed E-state index contributed by atoms with van der Waals surface area (Å²) in [6.07, 6.45) is 25.7. The highest BCUT2D eigenvalue weighted by atomic mass is 16.5. The van der Waals surface area contributed by atoms with Gasteiger partial charge < -0.3 is 10.1 Å². The Bertz CT molecular complexity index is 460. The molecule has 0 radical (unpaired) electrons. The van der Waals surface area contributed by atoms with Crippen molar-refractivity contribution in [3.63, 3.8) is 0 Å². The minimum Gasteiger partial charge on any atom is -0.495 e. The lowest BCUT2D eigenvalue weighted by molar-refractivity contribution is 0.416. The quantitative estimate of drug-likeness (QED) is 0.207. The first kappa shape index (κ1) is 25.9. The molecule has 0 unspecified atom stereocenters. The molecule has 1 aromatic rings. The third kappa shape index (κ3) is 15.3. The molecule has 0 aliphatic carbocycles. The van der Waals surface area contributed by atoms with Gasteiger partial charge in [0.15, 0.2) is 0 Å². The molecule has 0 aliphatic heterocycles. The van der Waals surface area contributed by atoms with Crippen molar-refractivity contribution in [2.24, 2.45) is 0 Å². The standard InChI is InChI=1S/C27H49NO/c1-3-4-5-6-7-8-9-10-11-12-13-14-15-16-17-18-19-22-25-28-26-23-20-21-24-27(26)29-2/h20-21,23-24,28H,3-19,22,25H2,1-2H3. The second kappa shape index (κ2) is 20.1. The lowest BCUT2D eigenvalue weighted by Crippen LogP contribution is -2.02. The van der Waals surface area contributed by atoms with Crippen molar-refractivity contribution in [2.45, 2.75) is 122 Å².